The van der Waals surface area contributed by atoms with Crippen LogP contribution in [0.1, 0.15) is 19.4 Å². The number of rotatable bonds is 5. The predicted molar refractivity (Wildman–Crippen MR) is 88.3 cm³/mol. The summed E-state index contributed by atoms with van der Waals surface area (Å²) in [5.74, 6) is 0.141. The molecule has 0 spiro atoms. The van der Waals surface area contributed by atoms with E-state index >= 15 is 0 Å². The Kier molecular flexibility index (Phi) is 5.46. The number of aryl methyl sites for hydroxylation is 1. The van der Waals surface area contributed by atoms with Crippen molar-refractivity contribution in [1.29, 1.82) is 0 Å². The lowest BCUT2D eigenvalue weighted by Crippen LogP contribution is -2.55. The number of nitrogens with zero attached hydrogens (tertiary/aromatic N) is 1. The van der Waals surface area contributed by atoms with E-state index in [1.165, 1.54) is 0 Å². The molecule has 0 N–H and O–H groups in total. The predicted octanol–water partition coefficient (Wildman–Crippen LogP) is 2.43. The monoisotopic (exact) mass is 375 g/mol. The molecule has 1 aromatic rings. The van der Waals surface area contributed by atoms with Gasteiger partial charge in [-0.05, 0) is 25.8 Å². The van der Waals surface area contributed by atoms with Crippen molar-refractivity contribution in [3.05, 3.63) is 35.9 Å². The topological polar surface area (TPSA) is 46.6 Å². The third-order valence-corrected chi connectivity index (χ3v) is 6.01. The van der Waals surface area contributed by atoms with E-state index in [9.17, 15) is 8.42 Å². The van der Waals surface area contributed by atoms with Crippen LogP contribution in [0.15, 0.2) is 30.3 Å². The molecule has 118 valence electrons. The van der Waals surface area contributed by atoms with Gasteiger partial charge in [0, 0.05) is 18.4 Å². The normalized spacial score (nSPS) is 23.1. The first-order valence-corrected chi connectivity index (χ1v) is 9.81. The molecule has 1 unspecified atom stereocenters. The van der Waals surface area contributed by atoms with Gasteiger partial charge in [0.05, 0.1) is 17.5 Å². The van der Waals surface area contributed by atoms with E-state index in [1.807, 2.05) is 44.2 Å². The van der Waals surface area contributed by atoms with Crippen LogP contribution >= 0.6 is 15.9 Å². The summed E-state index contributed by atoms with van der Waals surface area (Å²) in [6.45, 7) is 4.70. The lowest BCUT2D eigenvalue weighted by atomic mass is 10.1. The van der Waals surface area contributed by atoms with Gasteiger partial charge in [0.2, 0.25) is 10.0 Å². The summed E-state index contributed by atoms with van der Waals surface area (Å²) < 4.78 is 32.6. The molecule has 1 saturated heterocycles. The van der Waals surface area contributed by atoms with Gasteiger partial charge in [0.1, 0.15) is 0 Å². The standard InChI is InChI=1S/C15H22BrNO3S/c1-15(2)12-17(11-14(10-16)20-15)21(18,19)9-8-13-6-4-3-5-7-13/h3-7,14H,8-12H2,1-2H3. The molecule has 0 aromatic heterocycles. The molecule has 2 rings (SSSR count). The highest BCUT2D eigenvalue weighted by molar-refractivity contribution is 9.09. The second kappa shape index (κ2) is 6.77. The Balaban J connectivity index is 2.04. The zero-order valence-electron chi connectivity index (χ0n) is 12.5. The van der Waals surface area contributed by atoms with Crippen molar-refractivity contribution in [3.63, 3.8) is 0 Å². The summed E-state index contributed by atoms with van der Waals surface area (Å²) in [6, 6.07) is 9.71. The molecule has 6 heteroatoms. The summed E-state index contributed by atoms with van der Waals surface area (Å²) in [7, 11) is -3.26. The number of benzene rings is 1. The van der Waals surface area contributed by atoms with Gasteiger partial charge in [-0.15, -0.1) is 0 Å². The van der Waals surface area contributed by atoms with E-state index in [0.29, 0.717) is 24.8 Å². The molecule has 21 heavy (non-hydrogen) atoms. The fourth-order valence-corrected chi connectivity index (χ4v) is 4.54. The SMILES string of the molecule is CC1(C)CN(S(=O)(=O)CCc2ccccc2)CC(CBr)O1. The van der Waals surface area contributed by atoms with Crippen molar-refractivity contribution in [2.75, 3.05) is 24.2 Å². The molecule has 0 amide bonds. The number of hydrogen-bond acceptors (Lipinski definition) is 3. The maximum Gasteiger partial charge on any atom is 0.214 e. The van der Waals surface area contributed by atoms with Crippen LogP contribution in [-0.2, 0) is 21.2 Å². The van der Waals surface area contributed by atoms with Crippen molar-refractivity contribution in [2.45, 2.75) is 32.0 Å². The largest absolute Gasteiger partial charge is 0.369 e. The van der Waals surface area contributed by atoms with Crippen LogP contribution in [0.25, 0.3) is 0 Å². The van der Waals surface area contributed by atoms with E-state index in [4.69, 9.17) is 4.74 Å². The number of halogens is 1. The minimum atomic E-state index is -3.26. The van der Waals surface area contributed by atoms with Gasteiger partial charge in [0.15, 0.2) is 0 Å². The van der Waals surface area contributed by atoms with Gasteiger partial charge in [-0.25, -0.2) is 8.42 Å². The summed E-state index contributed by atoms with van der Waals surface area (Å²) >= 11 is 3.39. The van der Waals surface area contributed by atoms with Gasteiger partial charge in [-0.3, -0.25) is 0 Å². The van der Waals surface area contributed by atoms with Crippen LogP contribution < -0.4 is 0 Å². The third-order valence-electron chi connectivity index (χ3n) is 3.51. The molecule has 1 fully saturated rings. The Labute approximate surface area is 135 Å². The van der Waals surface area contributed by atoms with E-state index in [1.54, 1.807) is 4.31 Å². The van der Waals surface area contributed by atoms with Crippen molar-refractivity contribution in [1.82, 2.24) is 4.31 Å². The molecule has 0 saturated carbocycles. The lowest BCUT2D eigenvalue weighted by molar-refractivity contribution is -0.106. The van der Waals surface area contributed by atoms with Crippen LogP contribution in [-0.4, -0.2) is 48.6 Å². The first kappa shape index (κ1) is 16.9. The molecule has 0 aliphatic carbocycles. The summed E-state index contributed by atoms with van der Waals surface area (Å²) in [5.41, 5.74) is 0.599. The Morgan fingerprint density at radius 1 is 1.33 bits per heavy atom. The molecule has 1 heterocycles. The molecule has 0 radical (unpaired) electrons. The fraction of sp³-hybridized carbons (Fsp3) is 0.600. The van der Waals surface area contributed by atoms with Gasteiger partial charge < -0.3 is 4.74 Å². The number of morpholine rings is 1. The summed E-state index contributed by atoms with van der Waals surface area (Å²) in [6.07, 6.45) is 0.445. The second-order valence-electron chi connectivity index (χ2n) is 6.00. The van der Waals surface area contributed by atoms with E-state index in [2.05, 4.69) is 15.9 Å². The van der Waals surface area contributed by atoms with Gasteiger partial charge in [0.25, 0.3) is 0 Å². The number of hydrogen-bond donors (Lipinski definition) is 0. The minimum absolute atomic E-state index is 0.0970. The van der Waals surface area contributed by atoms with Crippen molar-refractivity contribution in [3.8, 4) is 0 Å². The maximum atomic E-state index is 12.6. The quantitative estimate of drug-likeness (QED) is 0.742. The van der Waals surface area contributed by atoms with E-state index < -0.39 is 15.6 Å². The smallest absolute Gasteiger partial charge is 0.214 e. The minimum Gasteiger partial charge on any atom is -0.369 e. The van der Waals surface area contributed by atoms with Gasteiger partial charge >= 0.3 is 0 Å². The fourth-order valence-electron chi connectivity index (χ4n) is 2.55. The molecule has 0 bridgehead atoms. The molecular weight excluding hydrogens is 354 g/mol. The van der Waals surface area contributed by atoms with Crippen LogP contribution in [0, 0.1) is 0 Å². The number of sulfonamides is 1. The zero-order valence-corrected chi connectivity index (χ0v) is 14.9. The second-order valence-corrected chi connectivity index (χ2v) is 8.73. The molecule has 1 aliphatic heterocycles. The van der Waals surface area contributed by atoms with Crippen molar-refractivity contribution >= 4 is 26.0 Å². The highest BCUT2D eigenvalue weighted by Crippen LogP contribution is 2.24. The highest BCUT2D eigenvalue weighted by atomic mass is 79.9. The number of alkyl halides is 1. The van der Waals surface area contributed by atoms with Crippen LogP contribution in [0.4, 0.5) is 0 Å². The number of ether oxygens (including phenoxy) is 1. The zero-order chi connectivity index (χ0) is 15.5. The van der Waals surface area contributed by atoms with E-state index in [-0.39, 0.29) is 11.9 Å². The average molecular weight is 376 g/mol. The van der Waals surface area contributed by atoms with E-state index in [0.717, 1.165) is 5.56 Å². The lowest BCUT2D eigenvalue weighted by Gasteiger charge is -2.41. The molecule has 1 aromatic carbocycles. The Hall–Kier alpha value is -0.430. The molecule has 4 nitrogen and oxygen atoms in total. The first-order valence-electron chi connectivity index (χ1n) is 7.08. The Morgan fingerprint density at radius 2 is 2.00 bits per heavy atom. The van der Waals surface area contributed by atoms with Crippen molar-refractivity contribution in [2.24, 2.45) is 0 Å². The summed E-state index contributed by atoms with van der Waals surface area (Å²) in [5, 5.41) is 0.640. The first-order chi connectivity index (χ1) is 9.82. The van der Waals surface area contributed by atoms with Crippen molar-refractivity contribution < 1.29 is 13.2 Å². The van der Waals surface area contributed by atoms with Crippen LogP contribution in [0.3, 0.4) is 0 Å². The molecule has 1 atom stereocenters. The van der Waals surface area contributed by atoms with Crippen LogP contribution in [0.5, 0.6) is 0 Å². The highest BCUT2D eigenvalue weighted by Gasteiger charge is 2.38. The third kappa shape index (κ3) is 4.77. The maximum absolute atomic E-state index is 12.6. The van der Waals surface area contributed by atoms with Gasteiger partial charge in [-0.1, -0.05) is 46.3 Å². The Morgan fingerprint density at radius 3 is 2.62 bits per heavy atom. The average Bonchev–Trinajstić information content (AvgIpc) is 2.44. The molecule has 1 aliphatic rings. The summed E-state index contributed by atoms with van der Waals surface area (Å²) in [4.78, 5) is 0. The Bertz CT molecular complexity index is 560. The molecular formula is C15H22BrNO3S. The van der Waals surface area contributed by atoms with Crippen LogP contribution in [0.2, 0.25) is 0 Å². The van der Waals surface area contributed by atoms with Gasteiger partial charge in [-0.2, -0.15) is 4.31 Å².